The summed E-state index contributed by atoms with van der Waals surface area (Å²) in [6.45, 7) is 5.02. The number of ether oxygens (including phenoxy) is 2. The molecule has 1 aromatic carbocycles. The lowest BCUT2D eigenvalue weighted by Crippen LogP contribution is -2.22. The molecule has 1 saturated carbocycles. The molecule has 2 heterocycles. The fourth-order valence-corrected chi connectivity index (χ4v) is 5.20. The van der Waals surface area contributed by atoms with Gasteiger partial charge in [0.2, 0.25) is 0 Å². The Morgan fingerprint density at radius 3 is 2.78 bits per heavy atom. The summed E-state index contributed by atoms with van der Waals surface area (Å²) in [4.78, 5) is 31.3. The molecule has 1 aliphatic carbocycles. The second kappa shape index (κ2) is 10.3. The lowest BCUT2D eigenvalue weighted by molar-refractivity contribution is 0.0216. The van der Waals surface area contributed by atoms with Crippen LogP contribution in [-0.2, 0) is 11.3 Å². The van der Waals surface area contributed by atoms with Crippen LogP contribution in [0.1, 0.15) is 65.7 Å². The molecule has 3 aromatic rings. The maximum absolute atomic E-state index is 13.0. The van der Waals surface area contributed by atoms with Crippen LogP contribution >= 0.6 is 11.3 Å². The van der Waals surface area contributed by atoms with Gasteiger partial charge in [0.25, 0.3) is 5.56 Å². The van der Waals surface area contributed by atoms with E-state index in [1.807, 2.05) is 38.1 Å². The highest BCUT2D eigenvalue weighted by Crippen LogP contribution is 2.29. The Hall–Kier alpha value is -2.67. The van der Waals surface area contributed by atoms with Crippen LogP contribution in [0.3, 0.4) is 0 Å². The lowest BCUT2D eigenvalue weighted by Gasteiger charge is -2.21. The van der Waals surface area contributed by atoms with Crippen molar-refractivity contribution in [3.63, 3.8) is 0 Å². The molecule has 4 rings (SSSR count). The number of rotatable bonds is 8. The Labute approximate surface area is 192 Å². The molecular formula is C25H30N2O4S. The van der Waals surface area contributed by atoms with Gasteiger partial charge in [-0.1, -0.05) is 18.6 Å². The first-order valence-electron chi connectivity index (χ1n) is 11.4. The van der Waals surface area contributed by atoms with E-state index in [9.17, 15) is 9.59 Å². The molecule has 0 amide bonds. The first-order chi connectivity index (χ1) is 15.5. The summed E-state index contributed by atoms with van der Waals surface area (Å²) in [6.07, 6.45) is 8.47. The fourth-order valence-electron chi connectivity index (χ4n) is 4.18. The number of aryl methyl sites for hydroxylation is 3. The quantitative estimate of drug-likeness (QED) is 0.336. The van der Waals surface area contributed by atoms with Gasteiger partial charge in [-0.2, -0.15) is 0 Å². The molecule has 0 unspecified atom stereocenters. The molecule has 7 heteroatoms. The Morgan fingerprint density at radius 1 is 1.19 bits per heavy atom. The molecule has 2 aromatic heterocycles. The van der Waals surface area contributed by atoms with E-state index in [1.54, 1.807) is 10.9 Å². The molecular weight excluding hydrogens is 424 g/mol. The number of fused-ring (bicyclic) bond motifs is 1. The van der Waals surface area contributed by atoms with Gasteiger partial charge in [0, 0.05) is 6.54 Å². The largest absolute Gasteiger partial charge is 0.494 e. The maximum atomic E-state index is 13.0. The van der Waals surface area contributed by atoms with Gasteiger partial charge in [-0.3, -0.25) is 9.36 Å². The summed E-state index contributed by atoms with van der Waals surface area (Å²) in [5.74, 6) is 0.545. The zero-order chi connectivity index (χ0) is 22.5. The van der Waals surface area contributed by atoms with Crippen LogP contribution in [0.2, 0.25) is 0 Å². The summed E-state index contributed by atoms with van der Waals surface area (Å²) in [7, 11) is 0. The summed E-state index contributed by atoms with van der Waals surface area (Å²) >= 11 is 1.26. The first-order valence-corrected chi connectivity index (χ1v) is 12.2. The van der Waals surface area contributed by atoms with Crippen molar-refractivity contribution in [3.8, 4) is 5.75 Å². The molecule has 0 atom stereocenters. The molecule has 32 heavy (non-hydrogen) atoms. The highest BCUT2D eigenvalue weighted by Gasteiger charge is 2.24. The molecule has 6 nitrogen and oxygen atoms in total. The van der Waals surface area contributed by atoms with Crippen LogP contribution in [0.25, 0.3) is 10.2 Å². The van der Waals surface area contributed by atoms with Crippen molar-refractivity contribution < 1.29 is 14.3 Å². The number of benzene rings is 1. The Kier molecular flexibility index (Phi) is 7.25. The smallest absolute Gasteiger partial charge is 0.348 e. The highest BCUT2D eigenvalue weighted by atomic mass is 32.1. The van der Waals surface area contributed by atoms with Crippen LogP contribution in [0.4, 0.5) is 0 Å². The molecule has 170 valence electrons. The van der Waals surface area contributed by atoms with Gasteiger partial charge in [-0.15, -0.1) is 11.3 Å². The van der Waals surface area contributed by atoms with E-state index in [0.717, 1.165) is 44.3 Å². The average molecular weight is 455 g/mol. The van der Waals surface area contributed by atoms with E-state index in [2.05, 4.69) is 4.98 Å². The number of aromatic nitrogens is 2. The number of nitrogens with zero attached hydrogens (tertiary/aromatic N) is 2. The Morgan fingerprint density at radius 2 is 2.00 bits per heavy atom. The minimum Gasteiger partial charge on any atom is -0.494 e. The van der Waals surface area contributed by atoms with Crippen molar-refractivity contribution in [2.75, 3.05) is 6.61 Å². The molecule has 0 radical (unpaired) electrons. The van der Waals surface area contributed by atoms with Gasteiger partial charge in [-0.25, -0.2) is 9.78 Å². The molecule has 0 N–H and O–H groups in total. The van der Waals surface area contributed by atoms with Crippen molar-refractivity contribution in [1.29, 1.82) is 0 Å². The van der Waals surface area contributed by atoms with E-state index < -0.39 is 0 Å². The number of carbonyl (C=O) groups is 1. The normalized spacial score (nSPS) is 14.6. The first kappa shape index (κ1) is 22.5. The molecule has 0 bridgehead atoms. The van der Waals surface area contributed by atoms with Gasteiger partial charge in [0.05, 0.1) is 18.3 Å². The van der Waals surface area contributed by atoms with Crippen LogP contribution in [-0.4, -0.2) is 28.2 Å². The SMILES string of the molecule is Cc1cccc(OCCCCn2cnc3sc(C(=O)OC4CCCCC4)c(C)c3c2=O)c1. The van der Waals surface area contributed by atoms with Gasteiger partial charge < -0.3 is 9.47 Å². The predicted octanol–water partition coefficient (Wildman–Crippen LogP) is 5.42. The van der Waals surface area contributed by atoms with Crippen LogP contribution in [0.15, 0.2) is 35.4 Å². The molecule has 1 aliphatic rings. The monoisotopic (exact) mass is 454 g/mol. The maximum Gasteiger partial charge on any atom is 0.348 e. The van der Waals surface area contributed by atoms with Crippen molar-refractivity contribution in [3.05, 3.63) is 57.0 Å². The molecule has 0 aliphatic heterocycles. The second-order valence-electron chi connectivity index (χ2n) is 8.52. The van der Waals surface area contributed by atoms with E-state index in [0.29, 0.717) is 33.8 Å². The molecule has 0 saturated heterocycles. The van der Waals surface area contributed by atoms with E-state index >= 15 is 0 Å². The minimum absolute atomic E-state index is 0.00695. The average Bonchev–Trinajstić information content (AvgIpc) is 3.13. The van der Waals surface area contributed by atoms with Gasteiger partial charge in [-0.05, 0) is 75.6 Å². The number of carbonyl (C=O) groups excluding carboxylic acids is 1. The van der Waals surface area contributed by atoms with Crippen molar-refractivity contribution in [2.45, 2.75) is 71.4 Å². The number of hydrogen-bond acceptors (Lipinski definition) is 6. The minimum atomic E-state index is -0.323. The van der Waals surface area contributed by atoms with E-state index in [1.165, 1.54) is 23.3 Å². The third kappa shape index (κ3) is 5.21. The second-order valence-corrected chi connectivity index (χ2v) is 9.52. The van der Waals surface area contributed by atoms with Crippen molar-refractivity contribution in [1.82, 2.24) is 9.55 Å². The summed E-state index contributed by atoms with van der Waals surface area (Å²) in [5, 5.41) is 0.532. The van der Waals surface area contributed by atoms with E-state index in [4.69, 9.17) is 9.47 Å². The zero-order valence-electron chi connectivity index (χ0n) is 18.8. The predicted molar refractivity (Wildman–Crippen MR) is 127 cm³/mol. The number of thiophene rings is 1. The van der Waals surface area contributed by atoms with Crippen LogP contribution in [0, 0.1) is 13.8 Å². The van der Waals surface area contributed by atoms with Crippen LogP contribution < -0.4 is 10.3 Å². The standard InChI is InChI=1S/C25H30N2O4S/c1-17-9-8-12-20(15-17)30-14-7-6-13-27-16-26-23-21(24(27)28)18(2)22(32-23)25(29)31-19-10-4-3-5-11-19/h8-9,12,15-16,19H,3-7,10-11,13-14H2,1-2H3. The summed E-state index contributed by atoms with van der Waals surface area (Å²) in [5.41, 5.74) is 1.75. The molecule has 1 fully saturated rings. The van der Waals surface area contributed by atoms with Crippen LogP contribution in [0.5, 0.6) is 5.75 Å². The fraction of sp³-hybridized carbons (Fsp3) is 0.480. The number of esters is 1. The zero-order valence-corrected chi connectivity index (χ0v) is 19.6. The summed E-state index contributed by atoms with van der Waals surface area (Å²) < 4.78 is 13.1. The van der Waals surface area contributed by atoms with Gasteiger partial charge >= 0.3 is 5.97 Å². The third-order valence-electron chi connectivity index (χ3n) is 5.98. The van der Waals surface area contributed by atoms with Crippen molar-refractivity contribution in [2.24, 2.45) is 0 Å². The lowest BCUT2D eigenvalue weighted by atomic mass is 9.98. The van der Waals surface area contributed by atoms with Crippen molar-refractivity contribution >= 4 is 27.5 Å². The third-order valence-corrected chi connectivity index (χ3v) is 7.16. The summed E-state index contributed by atoms with van der Waals surface area (Å²) in [6, 6.07) is 7.98. The highest BCUT2D eigenvalue weighted by molar-refractivity contribution is 7.20. The number of hydrogen-bond donors (Lipinski definition) is 0. The van der Waals surface area contributed by atoms with Gasteiger partial charge in [0.1, 0.15) is 21.6 Å². The number of unbranched alkanes of at least 4 members (excludes halogenated alkanes) is 1. The topological polar surface area (TPSA) is 70.4 Å². The van der Waals surface area contributed by atoms with Gasteiger partial charge in [0.15, 0.2) is 0 Å². The Bertz CT molecular complexity index is 1140. The van der Waals surface area contributed by atoms with E-state index in [-0.39, 0.29) is 17.6 Å². The molecule has 0 spiro atoms. The Balaban J connectivity index is 1.38.